The number of alkyl halides is 1. The number of imide groups is 1. The third-order valence-electron chi connectivity index (χ3n) is 9.32. The van der Waals surface area contributed by atoms with Gasteiger partial charge in [-0.2, -0.15) is 0 Å². The lowest BCUT2D eigenvalue weighted by Crippen LogP contribution is -2.50. The Hall–Kier alpha value is -5.02. The molecular weight excluding hydrogens is 681 g/mol. The van der Waals surface area contributed by atoms with Gasteiger partial charge in [-0.3, -0.25) is 19.3 Å². The predicted octanol–water partition coefficient (Wildman–Crippen LogP) is 3.75. The van der Waals surface area contributed by atoms with Crippen LogP contribution in [0, 0.1) is 23.0 Å². The van der Waals surface area contributed by atoms with Gasteiger partial charge in [-0.25, -0.2) is 22.9 Å². The minimum atomic E-state index is -1.48. The summed E-state index contributed by atoms with van der Waals surface area (Å²) < 4.78 is 51.9. The van der Waals surface area contributed by atoms with E-state index in [0.717, 1.165) is 40.8 Å². The average Bonchev–Trinajstić information content (AvgIpc) is 3.80. The second kappa shape index (κ2) is 16.5. The number of aliphatic hydroxyl groups excluding tert-OH is 1. The van der Waals surface area contributed by atoms with Gasteiger partial charge in [0, 0.05) is 69.1 Å². The summed E-state index contributed by atoms with van der Waals surface area (Å²) in [6.07, 6.45) is 0.431. The van der Waals surface area contributed by atoms with Crippen molar-refractivity contribution in [3.8, 4) is 11.3 Å². The molecule has 0 spiro atoms. The molecule has 4 unspecified atom stereocenters. The number of carbonyl (C=O) groups is 4. The zero-order valence-corrected chi connectivity index (χ0v) is 29.2. The summed E-state index contributed by atoms with van der Waals surface area (Å²) in [4.78, 5) is 57.3. The molecule has 2 aromatic carbocycles. The number of nitrogens with zero attached hydrogens (tertiary/aromatic N) is 4. The number of hydrogen-bond acceptors (Lipinski definition) is 8. The zero-order valence-electron chi connectivity index (χ0n) is 29.2. The van der Waals surface area contributed by atoms with E-state index in [-0.39, 0.29) is 69.4 Å². The van der Waals surface area contributed by atoms with Crippen molar-refractivity contribution in [1.82, 2.24) is 30.0 Å². The number of imidazole rings is 1. The maximum Gasteiger partial charge on any atom is 0.407 e. The minimum Gasteiger partial charge on any atom is -0.450 e. The number of ether oxygens (including phenoxy) is 1. The van der Waals surface area contributed by atoms with Crippen LogP contribution >= 0.6 is 0 Å². The number of nitrogens with one attached hydrogen (secondary N) is 2. The summed E-state index contributed by atoms with van der Waals surface area (Å²) in [5, 5.41) is 16.2. The Morgan fingerprint density at radius 1 is 1.12 bits per heavy atom. The van der Waals surface area contributed by atoms with Gasteiger partial charge in [0.1, 0.15) is 29.7 Å². The molecule has 5 rings (SSSR count). The molecule has 1 saturated heterocycles. The Morgan fingerprint density at radius 2 is 1.83 bits per heavy atom. The number of amides is 4. The lowest BCUT2D eigenvalue weighted by atomic mass is 9.79. The maximum absolute atomic E-state index is 15.2. The molecule has 1 aromatic heterocycles. The fraction of sp³-hybridized carbons (Fsp3) is 0.432. The first-order chi connectivity index (χ1) is 24.7. The minimum absolute atomic E-state index is 0.0448. The Kier molecular flexibility index (Phi) is 12.2. The third-order valence-corrected chi connectivity index (χ3v) is 9.32. The quantitative estimate of drug-likeness (QED) is 0.201. The van der Waals surface area contributed by atoms with Crippen molar-refractivity contribution in [2.24, 2.45) is 11.3 Å². The molecule has 4 atom stereocenters. The van der Waals surface area contributed by atoms with Crippen LogP contribution in [0.2, 0.25) is 0 Å². The number of carbonyl (C=O) groups excluding carboxylic acids is 4. The SMILES string of the molecule is CC(O)C(=O)N(CC1CNCC1F)C(c1nc(-c2cc(F)ccc2F)cn1Cc1ccccc1)C(C)(C)CCOC(=O)NCCN1C(=O)C=CC1=O. The molecule has 2 aliphatic rings. The molecule has 3 N–H and O–H groups in total. The van der Waals surface area contributed by atoms with Crippen LogP contribution < -0.4 is 10.6 Å². The molecule has 3 aromatic rings. The Morgan fingerprint density at radius 3 is 2.48 bits per heavy atom. The van der Waals surface area contributed by atoms with Crippen molar-refractivity contribution in [1.29, 1.82) is 0 Å². The highest BCUT2D eigenvalue weighted by Gasteiger charge is 2.44. The molecule has 1 fully saturated rings. The van der Waals surface area contributed by atoms with Gasteiger partial charge in [-0.15, -0.1) is 0 Å². The summed E-state index contributed by atoms with van der Waals surface area (Å²) >= 11 is 0. The topological polar surface area (TPSA) is 146 Å². The largest absolute Gasteiger partial charge is 0.450 e. The van der Waals surface area contributed by atoms with E-state index < -0.39 is 65.1 Å². The number of alkyl carbamates (subject to hydrolysis) is 1. The van der Waals surface area contributed by atoms with Crippen molar-refractivity contribution in [2.45, 2.75) is 52.1 Å². The van der Waals surface area contributed by atoms with E-state index in [1.165, 1.54) is 11.8 Å². The number of hydrogen-bond donors (Lipinski definition) is 3. The van der Waals surface area contributed by atoms with Gasteiger partial charge in [-0.1, -0.05) is 44.2 Å². The van der Waals surface area contributed by atoms with Gasteiger partial charge in [0.2, 0.25) is 0 Å². The third kappa shape index (κ3) is 9.06. The van der Waals surface area contributed by atoms with Crippen molar-refractivity contribution >= 4 is 23.8 Å². The summed E-state index contributed by atoms with van der Waals surface area (Å²) in [7, 11) is 0. The van der Waals surface area contributed by atoms with Crippen LogP contribution in [0.5, 0.6) is 0 Å². The Labute approximate surface area is 299 Å². The van der Waals surface area contributed by atoms with Crippen molar-refractivity contribution < 1.29 is 42.2 Å². The summed E-state index contributed by atoms with van der Waals surface area (Å²) in [5.74, 6) is -3.39. The van der Waals surface area contributed by atoms with E-state index in [0.29, 0.717) is 0 Å². The summed E-state index contributed by atoms with van der Waals surface area (Å²) in [6.45, 7) is 5.18. The smallest absolute Gasteiger partial charge is 0.407 e. The predicted molar refractivity (Wildman–Crippen MR) is 184 cm³/mol. The van der Waals surface area contributed by atoms with E-state index in [1.54, 1.807) is 10.8 Å². The molecular formula is C37H43F3N6O6. The molecule has 0 aliphatic carbocycles. The van der Waals surface area contributed by atoms with Gasteiger partial charge >= 0.3 is 6.09 Å². The summed E-state index contributed by atoms with van der Waals surface area (Å²) in [5.41, 5.74) is -0.163. The highest BCUT2D eigenvalue weighted by molar-refractivity contribution is 6.12. The van der Waals surface area contributed by atoms with E-state index >= 15 is 8.78 Å². The van der Waals surface area contributed by atoms with Crippen LogP contribution in [0.15, 0.2) is 66.9 Å². The van der Waals surface area contributed by atoms with Gasteiger partial charge in [-0.05, 0) is 42.5 Å². The lowest BCUT2D eigenvalue weighted by molar-refractivity contribution is -0.146. The van der Waals surface area contributed by atoms with E-state index in [1.807, 2.05) is 44.2 Å². The van der Waals surface area contributed by atoms with Gasteiger partial charge < -0.3 is 29.9 Å². The molecule has 4 amide bonds. The van der Waals surface area contributed by atoms with Crippen LogP contribution in [0.25, 0.3) is 11.3 Å². The van der Waals surface area contributed by atoms with Gasteiger partial charge in [0.25, 0.3) is 17.7 Å². The number of halogens is 3. The van der Waals surface area contributed by atoms with Gasteiger partial charge in [0.15, 0.2) is 0 Å². The molecule has 3 heterocycles. The van der Waals surface area contributed by atoms with Crippen LogP contribution in [0.1, 0.15) is 44.6 Å². The van der Waals surface area contributed by atoms with Crippen LogP contribution in [-0.2, 0) is 25.7 Å². The number of aromatic nitrogens is 2. The fourth-order valence-electron chi connectivity index (χ4n) is 6.50. The molecule has 0 saturated carbocycles. The molecule has 0 radical (unpaired) electrons. The number of benzene rings is 2. The highest BCUT2D eigenvalue weighted by atomic mass is 19.1. The zero-order chi connectivity index (χ0) is 37.6. The normalized spacial score (nSPS) is 18.5. The molecule has 0 bridgehead atoms. The average molecular weight is 725 g/mol. The lowest BCUT2D eigenvalue weighted by Gasteiger charge is -2.43. The van der Waals surface area contributed by atoms with Crippen molar-refractivity contribution in [3.05, 3.63) is 89.9 Å². The number of aliphatic hydroxyl groups is 1. The summed E-state index contributed by atoms with van der Waals surface area (Å²) in [6, 6.07) is 11.3. The fourth-order valence-corrected chi connectivity index (χ4v) is 6.50. The van der Waals surface area contributed by atoms with E-state index in [4.69, 9.17) is 9.72 Å². The highest BCUT2D eigenvalue weighted by Crippen LogP contribution is 2.43. The second-order valence-corrected chi connectivity index (χ2v) is 13.7. The first-order valence-electron chi connectivity index (χ1n) is 17.1. The van der Waals surface area contributed by atoms with Crippen LogP contribution in [0.4, 0.5) is 18.0 Å². The first-order valence-corrected chi connectivity index (χ1v) is 17.1. The van der Waals surface area contributed by atoms with Gasteiger partial charge in [0.05, 0.1) is 18.3 Å². The van der Waals surface area contributed by atoms with Crippen molar-refractivity contribution in [2.75, 3.05) is 39.3 Å². The van der Waals surface area contributed by atoms with Crippen LogP contribution in [0.3, 0.4) is 0 Å². The molecule has 12 nitrogen and oxygen atoms in total. The first kappa shape index (κ1) is 38.2. The second-order valence-electron chi connectivity index (χ2n) is 13.7. The maximum atomic E-state index is 15.2. The van der Waals surface area contributed by atoms with Crippen LogP contribution in [-0.4, -0.2) is 99.9 Å². The molecule has 52 heavy (non-hydrogen) atoms. The number of rotatable bonds is 15. The van der Waals surface area contributed by atoms with E-state index in [9.17, 15) is 28.7 Å². The Balaban J connectivity index is 1.49. The molecule has 278 valence electrons. The van der Waals surface area contributed by atoms with Crippen molar-refractivity contribution in [3.63, 3.8) is 0 Å². The monoisotopic (exact) mass is 724 g/mol. The standard InChI is InChI=1S/C37H43F3N6O6/c1-23(47)35(50)46(21-25-18-41-19-29(25)40)33(37(2,3)13-16-52-36(51)42-14-15-45-31(48)11-12-32(45)49)34-43-30(27-17-26(38)9-10-28(27)39)22-44(34)20-24-7-5-4-6-8-24/h4-12,17,22-23,25,29,33,41,47H,13-16,18-21H2,1-3H3,(H,42,51). The Bertz CT molecular complexity index is 1780. The molecule has 2 aliphatic heterocycles. The van der Waals surface area contributed by atoms with E-state index in [2.05, 4.69) is 10.6 Å². The molecule has 15 heteroatoms.